The highest BCUT2D eigenvalue weighted by Crippen LogP contribution is 2.38. The van der Waals surface area contributed by atoms with Crippen molar-refractivity contribution < 1.29 is 22.8 Å². The molecule has 0 aliphatic heterocycles. The number of nitrogens with one attached hydrogen (secondary N) is 1. The number of pyridine rings is 1. The normalized spacial score (nSPS) is 11.4. The number of anilines is 2. The number of aryl methyl sites for hydroxylation is 1. The van der Waals surface area contributed by atoms with Crippen molar-refractivity contribution in [3.05, 3.63) is 82.3 Å². The SMILES string of the molecule is Cc1ccc2cccc(Oc3ncnc(Nc4cccc(C(F)(F)F)c4)c3[N+](=O)[O-])c2n1. The highest BCUT2D eigenvalue weighted by Gasteiger charge is 2.31. The Balaban J connectivity index is 1.74. The zero-order chi connectivity index (χ0) is 22.9. The fourth-order valence-electron chi connectivity index (χ4n) is 3.01. The van der Waals surface area contributed by atoms with Crippen LogP contribution in [-0.4, -0.2) is 19.9 Å². The molecule has 4 rings (SSSR count). The topological polar surface area (TPSA) is 103 Å². The quantitative estimate of drug-likeness (QED) is 0.309. The summed E-state index contributed by atoms with van der Waals surface area (Å²) in [5, 5.41) is 15.1. The van der Waals surface area contributed by atoms with Crippen LogP contribution in [0.5, 0.6) is 11.6 Å². The lowest BCUT2D eigenvalue weighted by molar-refractivity contribution is -0.385. The van der Waals surface area contributed by atoms with E-state index in [4.69, 9.17) is 4.74 Å². The lowest BCUT2D eigenvalue weighted by Crippen LogP contribution is -2.07. The van der Waals surface area contributed by atoms with E-state index in [-0.39, 0.29) is 23.1 Å². The van der Waals surface area contributed by atoms with Crippen molar-refractivity contribution in [1.29, 1.82) is 0 Å². The third kappa shape index (κ3) is 4.26. The molecule has 0 spiro atoms. The minimum Gasteiger partial charge on any atom is -0.431 e. The van der Waals surface area contributed by atoms with Gasteiger partial charge in [-0.2, -0.15) is 18.2 Å². The second-order valence-electron chi connectivity index (χ2n) is 6.72. The summed E-state index contributed by atoms with van der Waals surface area (Å²) in [6.45, 7) is 1.79. The second kappa shape index (κ2) is 8.10. The van der Waals surface area contributed by atoms with Crippen LogP contribution in [0.2, 0.25) is 0 Å². The van der Waals surface area contributed by atoms with Crippen molar-refractivity contribution in [2.45, 2.75) is 13.1 Å². The summed E-state index contributed by atoms with van der Waals surface area (Å²) in [4.78, 5) is 23.1. The van der Waals surface area contributed by atoms with Gasteiger partial charge in [-0.15, -0.1) is 0 Å². The Bertz CT molecular complexity index is 1330. The summed E-state index contributed by atoms with van der Waals surface area (Å²) in [6.07, 6.45) is -3.55. The molecule has 0 saturated heterocycles. The summed E-state index contributed by atoms with van der Waals surface area (Å²) in [6, 6.07) is 13.0. The van der Waals surface area contributed by atoms with E-state index < -0.39 is 22.4 Å². The molecular weight excluding hydrogens is 427 g/mol. The number of hydrogen-bond donors (Lipinski definition) is 1. The van der Waals surface area contributed by atoms with E-state index in [0.717, 1.165) is 29.5 Å². The van der Waals surface area contributed by atoms with Crippen molar-refractivity contribution in [3.8, 4) is 11.6 Å². The third-order valence-corrected chi connectivity index (χ3v) is 4.45. The van der Waals surface area contributed by atoms with Gasteiger partial charge in [0.15, 0.2) is 5.75 Å². The van der Waals surface area contributed by atoms with E-state index in [9.17, 15) is 23.3 Å². The number of para-hydroxylation sites is 1. The standard InChI is InChI=1S/C21H14F3N5O3/c1-12-8-9-13-4-2-7-16(17(13)27-12)32-20-18(29(30)31)19(25-11-26-20)28-15-6-3-5-14(10-15)21(22,23)24/h2-11H,1H3,(H,25,26,28). The number of hydrogen-bond acceptors (Lipinski definition) is 7. The molecule has 0 amide bonds. The van der Waals surface area contributed by atoms with E-state index in [0.29, 0.717) is 5.52 Å². The highest BCUT2D eigenvalue weighted by molar-refractivity contribution is 5.85. The molecule has 1 N–H and O–H groups in total. The number of nitrogens with zero attached hydrogens (tertiary/aromatic N) is 4. The summed E-state index contributed by atoms with van der Waals surface area (Å²) in [5.41, 5.74) is -0.372. The van der Waals surface area contributed by atoms with Crippen LogP contribution >= 0.6 is 0 Å². The van der Waals surface area contributed by atoms with Crippen molar-refractivity contribution in [2.24, 2.45) is 0 Å². The predicted molar refractivity (Wildman–Crippen MR) is 110 cm³/mol. The summed E-state index contributed by atoms with van der Waals surface area (Å²) in [5.74, 6) is -0.461. The van der Waals surface area contributed by atoms with Crippen LogP contribution in [0.25, 0.3) is 10.9 Å². The van der Waals surface area contributed by atoms with Gasteiger partial charge >= 0.3 is 17.7 Å². The molecule has 0 aliphatic carbocycles. The smallest absolute Gasteiger partial charge is 0.416 e. The average Bonchev–Trinajstić information content (AvgIpc) is 2.74. The summed E-state index contributed by atoms with van der Waals surface area (Å²) < 4.78 is 44.7. The molecule has 4 aromatic rings. The number of nitro groups is 1. The first-order valence-corrected chi connectivity index (χ1v) is 9.20. The maximum atomic E-state index is 13.0. The Morgan fingerprint density at radius 2 is 1.84 bits per heavy atom. The molecular formula is C21H14F3N5O3. The number of aromatic nitrogens is 3. The van der Waals surface area contributed by atoms with Crippen LogP contribution in [0, 0.1) is 17.0 Å². The van der Waals surface area contributed by atoms with E-state index in [1.54, 1.807) is 19.1 Å². The lowest BCUT2D eigenvalue weighted by Gasteiger charge is -2.12. The Hall–Kier alpha value is -4.28. The molecule has 2 heterocycles. The Kier molecular flexibility index (Phi) is 5.31. The first-order valence-electron chi connectivity index (χ1n) is 9.20. The van der Waals surface area contributed by atoms with Crippen LogP contribution in [0.4, 0.5) is 30.4 Å². The molecule has 0 saturated carbocycles. The minimum atomic E-state index is -4.57. The van der Waals surface area contributed by atoms with Crippen molar-refractivity contribution in [3.63, 3.8) is 0 Å². The molecule has 0 bridgehead atoms. The Morgan fingerprint density at radius 3 is 2.59 bits per heavy atom. The van der Waals surface area contributed by atoms with E-state index in [1.807, 2.05) is 18.2 Å². The number of halogens is 3. The molecule has 0 aliphatic rings. The monoisotopic (exact) mass is 441 g/mol. The molecule has 0 unspecified atom stereocenters. The molecule has 11 heteroatoms. The van der Waals surface area contributed by atoms with Crippen molar-refractivity contribution >= 4 is 28.1 Å². The number of ether oxygens (including phenoxy) is 1. The molecule has 2 aromatic heterocycles. The molecule has 162 valence electrons. The van der Waals surface area contributed by atoms with Gasteiger partial charge in [0.1, 0.15) is 11.8 Å². The van der Waals surface area contributed by atoms with Crippen molar-refractivity contribution in [1.82, 2.24) is 15.0 Å². The average molecular weight is 441 g/mol. The molecule has 0 fully saturated rings. The highest BCUT2D eigenvalue weighted by atomic mass is 19.4. The maximum absolute atomic E-state index is 13.0. The Morgan fingerprint density at radius 1 is 1.06 bits per heavy atom. The van der Waals surface area contributed by atoms with E-state index in [1.165, 1.54) is 12.1 Å². The van der Waals surface area contributed by atoms with E-state index >= 15 is 0 Å². The molecule has 0 radical (unpaired) electrons. The van der Waals surface area contributed by atoms with Gasteiger partial charge in [0.05, 0.1) is 10.5 Å². The minimum absolute atomic E-state index is 0.0324. The number of fused-ring (bicyclic) bond motifs is 1. The van der Waals surface area contributed by atoms with Gasteiger partial charge in [-0.05, 0) is 37.3 Å². The van der Waals surface area contributed by atoms with Gasteiger partial charge in [-0.3, -0.25) is 10.1 Å². The van der Waals surface area contributed by atoms with Crippen LogP contribution in [0.15, 0.2) is 60.9 Å². The van der Waals surface area contributed by atoms with Gasteiger partial charge in [-0.1, -0.05) is 24.3 Å². The van der Waals surface area contributed by atoms with Gasteiger partial charge in [0, 0.05) is 16.8 Å². The van der Waals surface area contributed by atoms with Crippen LogP contribution in [0.1, 0.15) is 11.3 Å². The zero-order valence-electron chi connectivity index (χ0n) is 16.4. The first-order chi connectivity index (χ1) is 15.2. The van der Waals surface area contributed by atoms with Gasteiger partial charge in [-0.25, -0.2) is 9.97 Å². The van der Waals surface area contributed by atoms with Crippen molar-refractivity contribution in [2.75, 3.05) is 5.32 Å². The fourth-order valence-corrected chi connectivity index (χ4v) is 3.01. The summed E-state index contributed by atoms with van der Waals surface area (Å²) >= 11 is 0. The third-order valence-electron chi connectivity index (χ3n) is 4.45. The number of benzene rings is 2. The van der Waals surface area contributed by atoms with E-state index in [2.05, 4.69) is 20.3 Å². The lowest BCUT2D eigenvalue weighted by atomic mass is 10.2. The number of alkyl halides is 3. The second-order valence-corrected chi connectivity index (χ2v) is 6.72. The van der Waals surface area contributed by atoms with Crippen LogP contribution < -0.4 is 10.1 Å². The molecule has 32 heavy (non-hydrogen) atoms. The molecule has 2 aromatic carbocycles. The molecule has 0 atom stereocenters. The van der Waals surface area contributed by atoms with Gasteiger partial charge in [0.25, 0.3) is 0 Å². The largest absolute Gasteiger partial charge is 0.431 e. The van der Waals surface area contributed by atoms with Gasteiger partial charge in [0.2, 0.25) is 5.82 Å². The predicted octanol–water partition coefficient (Wildman–Crippen LogP) is 5.80. The van der Waals surface area contributed by atoms with Gasteiger partial charge < -0.3 is 10.1 Å². The van der Waals surface area contributed by atoms with Crippen LogP contribution in [0.3, 0.4) is 0 Å². The Labute approximate surface area is 178 Å². The fraction of sp³-hybridized carbons (Fsp3) is 0.0952. The summed E-state index contributed by atoms with van der Waals surface area (Å²) in [7, 11) is 0. The van der Waals surface area contributed by atoms with Crippen LogP contribution in [-0.2, 0) is 6.18 Å². The number of rotatable bonds is 5. The molecule has 8 nitrogen and oxygen atoms in total. The zero-order valence-corrected chi connectivity index (χ0v) is 16.4. The first kappa shape index (κ1) is 21.0. The maximum Gasteiger partial charge on any atom is 0.416 e.